The number of phenols is 1. The molecule has 0 aliphatic carbocycles. The molecule has 2 heterocycles. The molecule has 10 nitrogen and oxygen atoms in total. The molecule has 1 fully saturated rings. The second kappa shape index (κ2) is 8.00. The minimum Gasteiger partial charge on any atom is -0.507 e. The molecular formula is C21H18O10. The summed E-state index contributed by atoms with van der Waals surface area (Å²) in [7, 11) is 0. The SMILES string of the molecule is O=C(O)C1OC(Oc2cc(O)c3c(=O)cc(-c4ccccc4)oc3c2)C(O)C(O)C1O. The first-order chi connectivity index (χ1) is 14.8. The molecule has 31 heavy (non-hydrogen) atoms. The second-order valence-electron chi connectivity index (χ2n) is 7.01. The first kappa shape index (κ1) is 20.8. The zero-order chi connectivity index (χ0) is 22.3. The number of carboxylic acid groups (broad SMARTS) is 1. The molecule has 162 valence electrons. The molecule has 0 bridgehead atoms. The minimum atomic E-state index is -1.87. The van der Waals surface area contributed by atoms with E-state index in [0.29, 0.717) is 5.56 Å². The van der Waals surface area contributed by atoms with E-state index in [4.69, 9.17) is 19.0 Å². The molecule has 0 saturated carbocycles. The van der Waals surface area contributed by atoms with Gasteiger partial charge in [-0.1, -0.05) is 30.3 Å². The third-order valence-electron chi connectivity index (χ3n) is 4.91. The minimum absolute atomic E-state index is 0.0259. The lowest BCUT2D eigenvalue weighted by atomic mass is 9.99. The molecule has 3 aromatic rings. The highest BCUT2D eigenvalue weighted by Gasteiger charge is 2.48. The van der Waals surface area contributed by atoms with E-state index in [9.17, 15) is 30.0 Å². The van der Waals surface area contributed by atoms with Crippen molar-refractivity contribution in [3.63, 3.8) is 0 Å². The van der Waals surface area contributed by atoms with Gasteiger partial charge in [-0.05, 0) is 0 Å². The Balaban J connectivity index is 1.71. The van der Waals surface area contributed by atoms with E-state index in [1.54, 1.807) is 30.3 Å². The molecule has 1 aromatic heterocycles. The van der Waals surface area contributed by atoms with E-state index >= 15 is 0 Å². The molecule has 1 aliphatic rings. The molecule has 10 heteroatoms. The number of carboxylic acids is 1. The summed E-state index contributed by atoms with van der Waals surface area (Å²) in [6.45, 7) is 0. The van der Waals surface area contributed by atoms with E-state index < -0.39 is 47.9 Å². The van der Waals surface area contributed by atoms with Crippen LogP contribution >= 0.6 is 0 Å². The Morgan fingerprint density at radius 3 is 2.35 bits per heavy atom. The highest BCUT2D eigenvalue weighted by molar-refractivity contribution is 5.86. The fourth-order valence-corrected chi connectivity index (χ4v) is 3.34. The Kier molecular flexibility index (Phi) is 5.38. The summed E-state index contributed by atoms with van der Waals surface area (Å²) in [6, 6.07) is 12.3. The molecular weight excluding hydrogens is 412 g/mol. The lowest BCUT2D eigenvalue weighted by Crippen LogP contribution is -2.61. The predicted molar refractivity (Wildman–Crippen MR) is 105 cm³/mol. The number of aromatic hydroxyl groups is 1. The fourth-order valence-electron chi connectivity index (χ4n) is 3.34. The normalized spacial score (nSPS) is 26.0. The zero-order valence-electron chi connectivity index (χ0n) is 15.8. The maximum Gasteiger partial charge on any atom is 0.335 e. The molecule has 5 unspecified atom stereocenters. The van der Waals surface area contributed by atoms with Crippen LogP contribution in [0.2, 0.25) is 0 Å². The maximum absolute atomic E-state index is 12.5. The van der Waals surface area contributed by atoms with Gasteiger partial charge >= 0.3 is 5.97 Å². The lowest BCUT2D eigenvalue weighted by molar-refractivity contribution is -0.271. The van der Waals surface area contributed by atoms with Crippen LogP contribution in [0.25, 0.3) is 22.3 Å². The van der Waals surface area contributed by atoms with Gasteiger partial charge in [0.15, 0.2) is 11.5 Å². The monoisotopic (exact) mass is 430 g/mol. The fraction of sp³-hybridized carbons (Fsp3) is 0.238. The summed E-state index contributed by atoms with van der Waals surface area (Å²) in [4.78, 5) is 23.7. The Hall–Kier alpha value is -3.44. The molecule has 0 radical (unpaired) electrons. The molecule has 1 saturated heterocycles. The maximum atomic E-state index is 12.5. The average Bonchev–Trinajstić information content (AvgIpc) is 2.74. The largest absolute Gasteiger partial charge is 0.507 e. The Morgan fingerprint density at radius 1 is 0.968 bits per heavy atom. The van der Waals surface area contributed by atoms with Gasteiger partial charge in [0.1, 0.15) is 46.5 Å². The van der Waals surface area contributed by atoms with Gasteiger partial charge in [-0.3, -0.25) is 4.79 Å². The number of aliphatic hydroxyl groups is 3. The van der Waals surface area contributed by atoms with Crippen molar-refractivity contribution in [2.24, 2.45) is 0 Å². The molecule has 2 aromatic carbocycles. The second-order valence-corrected chi connectivity index (χ2v) is 7.01. The van der Waals surface area contributed by atoms with E-state index in [1.165, 1.54) is 12.1 Å². The average molecular weight is 430 g/mol. The van der Waals surface area contributed by atoms with E-state index in [0.717, 1.165) is 6.07 Å². The van der Waals surface area contributed by atoms with Crippen LogP contribution < -0.4 is 10.2 Å². The van der Waals surface area contributed by atoms with Crippen LogP contribution in [0.3, 0.4) is 0 Å². The predicted octanol–water partition coefficient (Wildman–Crippen LogP) is 0.437. The quantitative estimate of drug-likeness (QED) is 0.392. The van der Waals surface area contributed by atoms with Gasteiger partial charge in [-0.2, -0.15) is 0 Å². The summed E-state index contributed by atoms with van der Waals surface area (Å²) < 4.78 is 16.2. The van der Waals surface area contributed by atoms with Crippen LogP contribution in [0.4, 0.5) is 0 Å². The van der Waals surface area contributed by atoms with Crippen molar-refractivity contribution in [1.29, 1.82) is 0 Å². The van der Waals surface area contributed by atoms with Gasteiger partial charge in [-0.15, -0.1) is 0 Å². The number of hydrogen-bond donors (Lipinski definition) is 5. The number of hydrogen-bond acceptors (Lipinski definition) is 9. The Bertz CT molecular complexity index is 1170. The highest BCUT2D eigenvalue weighted by atomic mass is 16.7. The lowest BCUT2D eigenvalue weighted by Gasteiger charge is -2.38. The van der Waals surface area contributed by atoms with Crippen molar-refractivity contribution in [3.05, 3.63) is 58.8 Å². The number of aliphatic carboxylic acids is 1. The van der Waals surface area contributed by atoms with Crippen molar-refractivity contribution >= 4 is 16.9 Å². The van der Waals surface area contributed by atoms with Crippen molar-refractivity contribution in [3.8, 4) is 22.8 Å². The Labute approximate surface area is 174 Å². The summed E-state index contributed by atoms with van der Waals surface area (Å²) in [6.07, 6.45) is -9.04. The summed E-state index contributed by atoms with van der Waals surface area (Å²) >= 11 is 0. The van der Waals surface area contributed by atoms with Crippen LogP contribution in [0.5, 0.6) is 11.5 Å². The van der Waals surface area contributed by atoms with E-state index in [2.05, 4.69) is 0 Å². The van der Waals surface area contributed by atoms with Gasteiger partial charge in [0.05, 0.1) is 0 Å². The van der Waals surface area contributed by atoms with Crippen molar-refractivity contribution < 1.29 is 44.2 Å². The summed E-state index contributed by atoms with van der Waals surface area (Å²) in [5.74, 6) is -1.92. The van der Waals surface area contributed by atoms with Crippen LogP contribution in [0.1, 0.15) is 0 Å². The topological polar surface area (TPSA) is 167 Å². The van der Waals surface area contributed by atoms with Crippen LogP contribution in [-0.2, 0) is 9.53 Å². The van der Waals surface area contributed by atoms with Crippen molar-refractivity contribution in [1.82, 2.24) is 0 Å². The zero-order valence-corrected chi connectivity index (χ0v) is 15.8. The number of rotatable bonds is 4. The molecule has 4 rings (SSSR count). The van der Waals surface area contributed by atoms with E-state index in [1.807, 2.05) is 0 Å². The third kappa shape index (κ3) is 3.84. The van der Waals surface area contributed by atoms with Gasteiger partial charge in [-0.25, -0.2) is 4.79 Å². The van der Waals surface area contributed by atoms with Crippen molar-refractivity contribution in [2.45, 2.75) is 30.7 Å². The Morgan fingerprint density at radius 2 is 1.68 bits per heavy atom. The van der Waals surface area contributed by atoms with Crippen molar-refractivity contribution in [2.75, 3.05) is 0 Å². The number of ether oxygens (including phenoxy) is 2. The van der Waals surface area contributed by atoms with Gasteiger partial charge in [0, 0.05) is 23.8 Å². The van der Waals surface area contributed by atoms with E-state index in [-0.39, 0.29) is 22.5 Å². The van der Waals surface area contributed by atoms with Crippen LogP contribution in [0.15, 0.2) is 57.7 Å². The number of phenolic OH excluding ortho intramolecular Hbond substituents is 1. The highest BCUT2D eigenvalue weighted by Crippen LogP contribution is 2.33. The molecule has 0 spiro atoms. The van der Waals surface area contributed by atoms with Crippen LogP contribution in [-0.4, -0.2) is 62.2 Å². The first-order valence-electron chi connectivity index (χ1n) is 9.21. The third-order valence-corrected chi connectivity index (χ3v) is 4.91. The van der Waals surface area contributed by atoms with Gasteiger partial charge in [0.25, 0.3) is 0 Å². The molecule has 1 aliphatic heterocycles. The van der Waals surface area contributed by atoms with Gasteiger partial charge < -0.3 is 39.4 Å². The molecule has 0 amide bonds. The first-order valence-corrected chi connectivity index (χ1v) is 9.21. The number of fused-ring (bicyclic) bond motifs is 1. The van der Waals surface area contributed by atoms with Crippen LogP contribution in [0, 0.1) is 0 Å². The molecule has 5 N–H and O–H groups in total. The smallest absolute Gasteiger partial charge is 0.335 e. The molecule has 5 atom stereocenters. The number of aliphatic hydroxyl groups excluding tert-OH is 3. The number of benzene rings is 2. The standard InChI is InChI=1S/C21H18O10/c22-11-6-10(29-21-18(26)16(24)17(25)19(31-21)20(27)28)7-14-15(11)12(23)8-13(30-14)9-4-2-1-3-5-9/h1-8,16-19,21-22,24-26H,(H,27,28). The number of carbonyl (C=O) groups is 1. The van der Waals surface area contributed by atoms with Gasteiger partial charge in [0.2, 0.25) is 6.29 Å². The summed E-state index contributed by atoms with van der Waals surface area (Å²) in [5.41, 5.74) is 0.101. The summed E-state index contributed by atoms with van der Waals surface area (Å²) in [5, 5.41) is 49.1.